The van der Waals surface area contributed by atoms with Crippen LogP contribution in [-0.2, 0) is 21.3 Å². The number of carbonyl (C=O) groups excluding carboxylic acids is 2. The number of esters is 1. The van der Waals surface area contributed by atoms with Crippen LogP contribution in [0, 0.1) is 5.41 Å². The van der Waals surface area contributed by atoms with Gasteiger partial charge in [-0.05, 0) is 25.0 Å². The number of likely N-dealkylation sites (tertiary alicyclic amines) is 1. The number of hydrogen-bond donors (Lipinski definition) is 0. The van der Waals surface area contributed by atoms with E-state index in [1.807, 2.05) is 46.8 Å². The largest absolute Gasteiger partial charge is 0.461 e. The number of fused-ring (bicyclic) bond motifs is 1. The molecule has 1 spiro atoms. The lowest BCUT2D eigenvalue weighted by atomic mass is 9.76. The molecule has 0 aliphatic carbocycles. The minimum atomic E-state index is -0.424. The summed E-state index contributed by atoms with van der Waals surface area (Å²) in [7, 11) is 1.94. The zero-order chi connectivity index (χ0) is 20.7. The zero-order valence-corrected chi connectivity index (χ0v) is 17.5. The highest BCUT2D eigenvalue weighted by atomic mass is 16.6. The molecule has 1 aromatic heterocycles. The molecule has 1 unspecified atom stereocenters. The number of aromatic nitrogens is 1. The van der Waals surface area contributed by atoms with Crippen LogP contribution in [0.1, 0.15) is 29.8 Å². The normalized spacial score (nSPS) is 24.5. The van der Waals surface area contributed by atoms with Crippen molar-refractivity contribution in [3.63, 3.8) is 0 Å². The summed E-state index contributed by atoms with van der Waals surface area (Å²) >= 11 is 0. The van der Waals surface area contributed by atoms with Gasteiger partial charge in [0.1, 0.15) is 11.8 Å². The maximum Gasteiger partial charge on any atom is 0.312 e. The number of benzene rings is 1. The Hall–Kier alpha value is -2.38. The van der Waals surface area contributed by atoms with Crippen LogP contribution in [0.3, 0.4) is 0 Å². The smallest absolute Gasteiger partial charge is 0.312 e. The van der Waals surface area contributed by atoms with Crippen LogP contribution in [0.4, 0.5) is 0 Å². The number of ether oxygens (including phenoxy) is 2. The first-order chi connectivity index (χ1) is 14.6. The molecule has 1 aromatic carbocycles. The summed E-state index contributed by atoms with van der Waals surface area (Å²) in [5.74, 6) is -0.0303. The molecule has 7 heteroatoms. The van der Waals surface area contributed by atoms with E-state index < -0.39 is 5.41 Å². The fourth-order valence-corrected chi connectivity index (χ4v) is 5.21. The Labute approximate surface area is 176 Å². The number of carbonyl (C=O) groups is 2. The van der Waals surface area contributed by atoms with Crippen LogP contribution in [0.5, 0.6) is 0 Å². The van der Waals surface area contributed by atoms with Gasteiger partial charge in [0.2, 0.25) is 0 Å². The second kappa shape index (κ2) is 7.71. The number of piperidine rings is 1. The standard InChI is InChI=1S/C23H29N3O4/c1-24-19-5-3-2-4-17(19)14-20(24)21(27)26-8-6-23(7-9-26)15-18(30-22(23)28)16-25-10-12-29-13-11-25/h2-5,14,18H,6-13,15-16H2,1H3. The Bertz CT molecular complexity index is 955. The third-order valence-electron chi connectivity index (χ3n) is 7.07. The van der Waals surface area contributed by atoms with Gasteiger partial charge in [-0.1, -0.05) is 18.2 Å². The quantitative estimate of drug-likeness (QED) is 0.724. The molecule has 3 aliphatic heterocycles. The van der Waals surface area contributed by atoms with Gasteiger partial charge < -0.3 is 18.9 Å². The molecule has 3 saturated heterocycles. The number of rotatable bonds is 3. The van der Waals surface area contributed by atoms with Gasteiger partial charge in [0.25, 0.3) is 5.91 Å². The van der Waals surface area contributed by atoms with Gasteiger partial charge in [-0.3, -0.25) is 14.5 Å². The molecule has 160 valence electrons. The molecule has 4 heterocycles. The fraction of sp³-hybridized carbons (Fsp3) is 0.565. The molecule has 0 saturated carbocycles. The van der Waals surface area contributed by atoms with Gasteiger partial charge in [-0.2, -0.15) is 0 Å². The van der Waals surface area contributed by atoms with E-state index in [2.05, 4.69) is 4.90 Å². The Kier molecular flexibility index (Phi) is 5.03. The average molecular weight is 412 g/mol. The van der Waals surface area contributed by atoms with Gasteiger partial charge in [0.15, 0.2) is 0 Å². The molecule has 5 rings (SSSR count). The predicted octanol–water partition coefficient (Wildman–Crippen LogP) is 2.05. The Morgan fingerprint density at radius 3 is 2.60 bits per heavy atom. The molecule has 3 aliphatic rings. The van der Waals surface area contributed by atoms with Crippen molar-refractivity contribution in [3.05, 3.63) is 36.0 Å². The third-order valence-corrected chi connectivity index (χ3v) is 7.07. The summed E-state index contributed by atoms with van der Waals surface area (Å²) in [6.07, 6.45) is 2.08. The van der Waals surface area contributed by atoms with Crippen LogP contribution in [0.15, 0.2) is 30.3 Å². The number of morpholine rings is 1. The summed E-state index contributed by atoms with van der Waals surface area (Å²) in [5.41, 5.74) is 1.33. The first kappa shape index (κ1) is 19.6. The Morgan fingerprint density at radius 2 is 1.87 bits per heavy atom. The van der Waals surface area contributed by atoms with Crippen molar-refractivity contribution in [2.75, 3.05) is 45.9 Å². The lowest BCUT2D eigenvalue weighted by molar-refractivity contribution is -0.151. The molecule has 0 radical (unpaired) electrons. The van der Waals surface area contributed by atoms with E-state index in [1.54, 1.807) is 0 Å². The van der Waals surface area contributed by atoms with Gasteiger partial charge in [-0.15, -0.1) is 0 Å². The molecular formula is C23H29N3O4. The maximum absolute atomic E-state index is 13.2. The van der Waals surface area contributed by atoms with Gasteiger partial charge in [-0.25, -0.2) is 0 Å². The van der Waals surface area contributed by atoms with Crippen LogP contribution < -0.4 is 0 Å². The Balaban J connectivity index is 1.23. The third kappa shape index (κ3) is 3.40. The first-order valence-electron chi connectivity index (χ1n) is 10.9. The number of cyclic esters (lactones) is 1. The predicted molar refractivity (Wildman–Crippen MR) is 112 cm³/mol. The van der Waals surface area contributed by atoms with Crippen molar-refractivity contribution in [2.45, 2.75) is 25.4 Å². The lowest BCUT2D eigenvalue weighted by Gasteiger charge is -2.36. The monoisotopic (exact) mass is 411 g/mol. The van der Waals surface area contributed by atoms with Crippen molar-refractivity contribution < 1.29 is 19.1 Å². The van der Waals surface area contributed by atoms with E-state index in [0.29, 0.717) is 31.6 Å². The van der Waals surface area contributed by atoms with E-state index in [1.165, 1.54) is 0 Å². The summed E-state index contributed by atoms with van der Waals surface area (Å²) in [6, 6.07) is 9.99. The Morgan fingerprint density at radius 1 is 1.13 bits per heavy atom. The van der Waals surface area contributed by atoms with Gasteiger partial charge in [0.05, 0.1) is 18.6 Å². The lowest BCUT2D eigenvalue weighted by Crippen LogP contribution is -2.45. The van der Waals surface area contributed by atoms with Crippen LogP contribution in [0.2, 0.25) is 0 Å². The first-order valence-corrected chi connectivity index (χ1v) is 10.9. The van der Waals surface area contributed by atoms with Crippen LogP contribution in [-0.4, -0.2) is 78.3 Å². The molecule has 0 bridgehead atoms. The zero-order valence-electron chi connectivity index (χ0n) is 17.5. The van der Waals surface area contributed by atoms with Crippen LogP contribution in [0.25, 0.3) is 10.9 Å². The summed E-state index contributed by atoms with van der Waals surface area (Å²) in [4.78, 5) is 30.1. The maximum atomic E-state index is 13.2. The summed E-state index contributed by atoms with van der Waals surface area (Å²) < 4.78 is 13.1. The number of amides is 1. The van der Waals surface area contributed by atoms with Crippen molar-refractivity contribution in [1.82, 2.24) is 14.4 Å². The van der Waals surface area contributed by atoms with E-state index in [4.69, 9.17) is 9.47 Å². The second-order valence-electron chi connectivity index (χ2n) is 8.86. The SMILES string of the molecule is Cn1c(C(=O)N2CCC3(CC2)CC(CN2CCOCC2)OC3=O)cc2ccccc21. The summed E-state index contributed by atoms with van der Waals surface area (Å²) in [5, 5.41) is 1.07. The molecule has 2 aromatic rings. The number of nitrogens with zero attached hydrogens (tertiary/aromatic N) is 3. The van der Waals surface area contributed by atoms with E-state index in [9.17, 15) is 9.59 Å². The van der Waals surface area contributed by atoms with E-state index in [-0.39, 0.29) is 18.0 Å². The van der Waals surface area contributed by atoms with Crippen LogP contribution >= 0.6 is 0 Å². The summed E-state index contributed by atoms with van der Waals surface area (Å²) in [6.45, 7) is 5.27. The highest BCUT2D eigenvalue weighted by Crippen LogP contribution is 2.43. The molecule has 30 heavy (non-hydrogen) atoms. The van der Waals surface area contributed by atoms with Crippen molar-refractivity contribution in [2.24, 2.45) is 12.5 Å². The topological polar surface area (TPSA) is 64.0 Å². The molecule has 1 atom stereocenters. The van der Waals surface area contributed by atoms with Gasteiger partial charge >= 0.3 is 5.97 Å². The molecule has 1 amide bonds. The van der Waals surface area contributed by atoms with Crippen molar-refractivity contribution in [1.29, 1.82) is 0 Å². The van der Waals surface area contributed by atoms with E-state index >= 15 is 0 Å². The number of para-hydroxylation sites is 1. The number of aryl methyl sites for hydroxylation is 1. The highest BCUT2D eigenvalue weighted by Gasteiger charge is 2.51. The molecule has 3 fully saturated rings. The molecule has 0 N–H and O–H groups in total. The average Bonchev–Trinajstić information content (AvgIpc) is 3.26. The van der Waals surface area contributed by atoms with Crippen molar-refractivity contribution >= 4 is 22.8 Å². The van der Waals surface area contributed by atoms with Crippen molar-refractivity contribution in [3.8, 4) is 0 Å². The van der Waals surface area contributed by atoms with Gasteiger partial charge in [0, 0.05) is 57.1 Å². The van der Waals surface area contributed by atoms with E-state index in [0.717, 1.165) is 50.2 Å². The minimum absolute atomic E-state index is 0.0415. The fourth-order valence-electron chi connectivity index (χ4n) is 5.21. The second-order valence-corrected chi connectivity index (χ2v) is 8.86. The minimum Gasteiger partial charge on any atom is -0.461 e. The molecular weight excluding hydrogens is 382 g/mol. The molecule has 7 nitrogen and oxygen atoms in total. The highest BCUT2D eigenvalue weighted by molar-refractivity contribution is 5.98. The number of hydrogen-bond acceptors (Lipinski definition) is 5.